The molecule has 0 saturated carbocycles. The lowest BCUT2D eigenvalue weighted by atomic mass is 9.89. The van der Waals surface area contributed by atoms with Crippen LogP contribution in [0.25, 0.3) is 10.2 Å². The molecule has 2 aromatic rings. The fraction of sp³-hybridized carbons (Fsp3) is 0.529. The molecule has 27 heavy (non-hydrogen) atoms. The molecule has 1 atom stereocenters. The summed E-state index contributed by atoms with van der Waals surface area (Å²) in [4.78, 5) is 34.6. The SMILES string of the molecule is COCCNC(=O)NC(=O)CSc1nc(N)c2c3c(sc2n1)CC(C)CC3. The van der Waals surface area contributed by atoms with E-state index in [-0.39, 0.29) is 5.75 Å². The number of amides is 3. The lowest BCUT2D eigenvalue weighted by Gasteiger charge is -2.17. The first-order valence-corrected chi connectivity index (χ1v) is 10.5. The molecule has 10 heteroatoms. The molecule has 2 aromatic heterocycles. The van der Waals surface area contributed by atoms with E-state index < -0.39 is 11.9 Å². The zero-order valence-electron chi connectivity index (χ0n) is 15.3. The maximum atomic E-state index is 11.9. The highest BCUT2D eigenvalue weighted by atomic mass is 32.2. The molecule has 1 aliphatic rings. The number of thiophene rings is 1. The van der Waals surface area contributed by atoms with Gasteiger partial charge in [-0.25, -0.2) is 14.8 Å². The third-order valence-electron chi connectivity index (χ3n) is 4.34. The third-order valence-corrected chi connectivity index (χ3v) is 6.34. The van der Waals surface area contributed by atoms with E-state index in [0.29, 0.717) is 30.0 Å². The van der Waals surface area contributed by atoms with Crippen LogP contribution in [0.5, 0.6) is 0 Å². The van der Waals surface area contributed by atoms with Crippen molar-refractivity contribution in [1.82, 2.24) is 20.6 Å². The average Bonchev–Trinajstić information content (AvgIpc) is 2.97. The Labute approximate surface area is 165 Å². The molecule has 1 unspecified atom stereocenters. The van der Waals surface area contributed by atoms with Gasteiger partial charge < -0.3 is 15.8 Å². The Morgan fingerprint density at radius 3 is 3.00 bits per heavy atom. The molecule has 146 valence electrons. The van der Waals surface area contributed by atoms with Gasteiger partial charge in [-0.3, -0.25) is 10.1 Å². The fourth-order valence-electron chi connectivity index (χ4n) is 3.02. The number of hydrogen-bond donors (Lipinski definition) is 3. The second kappa shape index (κ2) is 8.85. The molecule has 8 nitrogen and oxygen atoms in total. The van der Waals surface area contributed by atoms with E-state index in [0.717, 1.165) is 41.2 Å². The Hall–Kier alpha value is -1.91. The predicted molar refractivity (Wildman–Crippen MR) is 107 cm³/mol. The molecule has 3 amide bonds. The lowest BCUT2D eigenvalue weighted by Crippen LogP contribution is -2.41. The van der Waals surface area contributed by atoms with E-state index in [2.05, 4.69) is 27.5 Å². The zero-order valence-corrected chi connectivity index (χ0v) is 17.0. The predicted octanol–water partition coefficient (Wildman–Crippen LogP) is 1.96. The van der Waals surface area contributed by atoms with Crippen molar-refractivity contribution in [3.8, 4) is 0 Å². The highest BCUT2D eigenvalue weighted by Crippen LogP contribution is 2.39. The maximum absolute atomic E-state index is 11.9. The van der Waals surface area contributed by atoms with Crippen molar-refractivity contribution in [1.29, 1.82) is 0 Å². The molecule has 1 aliphatic carbocycles. The summed E-state index contributed by atoms with van der Waals surface area (Å²) < 4.78 is 4.83. The van der Waals surface area contributed by atoms with Crippen molar-refractivity contribution in [2.24, 2.45) is 5.92 Å². The van der Waals surface area contributed by atoms with Crippen LogP contribution in [0.15, 0.2) is 5.16 Å². The summed E-state index contributed by atoms with van der Waals surface area (Å²) in [7, 11) is 1.54. The second-order valence-electron chi connectivity index (χ2n) is 6.51. The number of rotatable bonds is 6. The van der Waals surface area contributed by atoms with E-state index >= 15 is 0 Å². The van der Waals surface area contributed by atoms with Crippen LogP contribution in [0.3, 0.4) is 0 Å². The van der Waals surface area contributed by atoms with Gasteiger partial charge in [-0.05, 0) is 30.7 Å². The molecule has 0 radical (unpaired) electrons. The topological polar surface area (TPSA) is 119 Å². The molecule has 0 fully saturated rings. The molecule has 3 rings (SSSR count). The summed E-state index contributed by atoms with van der Waals surface area (Å²) in [6.07, 6.45) is 3.22. The van der Waals surface area contributed by atoms with E-state index in [1.807, 2.05) is 0 Å². The van der Waals surface area contributed by atoms with Gasteiger partial charge in [0.15, 0.2) is 5.16 Å². The number of methoxy groups -OCH3 is 1. The minimum Gasteiger partial charge on any atom is -0.383 e. The molecule has 0 aliphatic heterocycles. The highest BCUT2D eigenvalue weighted by Gasteiger charge is 2.23. The number of nitrogens with two attached hydrogens (primary N) is 1. The molecular weight excluding hydrogens is 386 g/mol. The number of urea groups is 1. The monoisotopic (exact) mass is 409 g/mol. The summed E-state index contributed by atoms with van der Waals surface area (Å²) in [5.41, 5.74) is 7.47. The molecule has 2 heterocycles. The van der Waals surface area contributed by atoms with Gasteiger partial charge >= 0.3 is 6.03 Å². The van der Waals surface area contributed by atoms with Crippen molar-refractivity contribution in [2.45, 2.75) is 31.3 Å². The van der Waals surface area contributed by atoms with E-state index in [1.165, 1.54) is 17.6 Å². The number of nitrogens with one attached hydrogen (secondary N) is 2. The van der Waals surface area contributed by atoms with Gasteiger partial charge in [-0.2, -0.15) is 0 Å². The number of hydrogen-bond acceptors (Lipinski definition) is 8. The number of carbonyl (C=O) groups is 2. The third kappa shape index (κ3) is 4.88. The number of imide groups is 1. The van der Waals surface area contributed by atoms with Gasteiger partial charge in [0.05, 0.1) is 17.7 Å². The molecule has 0 aromatic carbocycles. The molecule has 0 spiro atoms. The number of aryl methyl sites for hydroxylation is 1. The average molecular weight is 410 g/mol. The van der Waals surface area contributed by atoms with Gasteiger partial charge in [0.2, 0.25) is 5.91 Å². The van der Waals surface area contributed by atoms with Gasteiger partial charge in [-0.1, -0.05) is 18.7 Å². The molecule has 0 bridgehead atoms. The zero-order chi connectivity index (χ0) is 19.4. The molecular formula is C17H23N5O3S2. The van der Waals surface area contributed by atoms with Crippen molar-refractivity contribution in [3.05, 3.63) is 10.4 Å². The highest BCUT2D eigenvalue weighted by molar-refractivity contribution is 7.99. The fourth-order valence-corrected chi connectivity index (χ4v) is 5.12. The normalized spacial score (nSPS) is 16.1. The number of thioether (sulfide) groups is 1. The first-order valence-electron chi connectivity index (χ1n) is 8.75. The van der Waals surface area contributed by atoms with Crippen molar-refractivity contribution in [2.75, 3.05) is 31.7 Å². The summed E-state index contributed by atoms with van der Waals surface area (Å²) in [6, 6.07) is -0.548. The van der Waals surface area contributed by atoms with Crippen LogP contribution in [0.4, 0.5) is 10.6 Å². The molecule has 4 N–H and O–H groups in total. The smallest absolute Gasteiger partial charge is 0.321 e. The lowest BCUT2D eigenvalue weighted by molar-refractivity contribution is -0.117. The van der Waals surface area contributed by atoms with Gasteiger partial charge in [-0.15, -0.1) is 11.3 Å². The Morgan fingerprint density at radius 2 is 2.22 bits per heavy atom. The molecule has 0 saturated heterocycles. The number of aromatic nitrogens is 2. The summed E-state index contributed by atoms with van der Waals surface area (Å²) >= 11 is 2.83. The Bertz CT molecular complexity index is 855. The van der Waals surface area contributed by atoms with Crippen LogP contribution in [-0.4, -0.2) is 47.9 Å². The van der Waals surface area contributed by atoms with Gasteiger partial charge in [0.1, 0.15) is 10.6 Å². The second-order valence-corrected chi connectivity index (χ2v) is 8.54. The van der Waals surface area contributed by atoms with E-state index in [4.69, 9.17) is 10.5 Å². The Kier molecular flexibility index (Phi) is 6.51. The maximum Gasteiger partial charge on any atom is 0.321 e. The van der Waals surface area contributed by atoms with Crippen LogP contribution in [-0.2, 0) is 22.4 Å². The largest absolute Gasteiger partial charge is 0.383 e. The van der Waals surface area contributed by atoms with Crippen LogP contribution in [0.2, 0.25) is 0 Å². The number of anilines is 1. The summed E-state index contributed by atoms with van der Waals surface area (Å²) in [5.74, 6) is 0.751. The van der Waals surface area contributed by atoms with E-state index in [9.17, 15) is 9.59 Å². The summed E-state index contributed by atoms with van der Waals surface area (Å²) in [6.45, 7) is 2.97. The van der Waals surface area contributed by atoms with Crippen LogP contribution >= 0.6 is 23.1 Å². The Balaban J connectivity index is 1.62. The van der Waals surface area contributed by atoms with Crippen molar-refractivity contribution >= 4 is 51.1 Å². The standard InChI is InChI=1S/C17H23N5O3S2/c1-9-3-4-10-11(7-9)27-15-13(10)14(18)21-17(22-15)26-8-12(23)20-16(24)19-5-6-25-2/h9H,3-8H2,1-2H3,(H2,18,21,22)(H2,19,20,23,24). The summed E-state index contributed by atoms with van der Waals surface area (Å²) in [5, 5.41) is 6.19. The van der Waals surface area contributed by atoms with Crippen molar-refractivity contribution < 1.29 is 14.3 Å². The first kappa shape index (κ1) is 19.8. The van der Waals surface area contributed by atoms with Crippen molar-refractivity contribution in [3.63, 3.8) is 0 Å². The number of nitrogens with zero attached hydrogens (tertiary/aromatic N) is 2. The van der Waals surface area contributed by atoms with Crippen LogP contribution in [0, 0.1) is 5.92 Å². The Morgan fingerprint density at radius 1 is 1.41 bits per heavy atom. The van der Waals surface area contributed by atoms with Crippen LogP contribution < -0.4 is 16.4 Å². The number of ether oxygens (including phenoxy) is 1. The number of carbonyl (C=O) groups excluding carboxylic acids is 2. The van der Waals surface area contributed by atoms with Gasteiger partial charge in [0.25, 0.3) is 0 Å². The first-order chi connectivity index (χ1) is 13.0. The minimum atomic E-state index is -0.548. The van der Waals surface area contributed by atoms with E-state index in [1.54, 1.807) is 11.3 Å². The minimum absolute atomic E-state index is 0.0325. The number of nitrogen functional groups attached to an aromatic ring is 1. The quantitative estimate of drug-likeness (QED) is 0.379. The number of fused-ring (bicyclic) bond motifs is 3. The van der Waals surface area contributed by atoms with Gasteiger partial charge in [0, 0.05) is 18.5 Å². The van der Waals surface area contributed by atoms with Crippen LogP contribution in [0.1, 0.15) is 23.8 Å².